The maximum absolute atomic E-state index is 9.13. The standard InChI is InChI=1S/C15H22BNO3/c1-11-9-17-13(10-18)8-12(11)6-7-16-19-14(2,3)15(4,5)20-16/h6-9,18H,10H2,1-5H3/b7-6+. The minimum Gasteiger partial charge on any atom is -0.400 e. The molecule has 0 amide bonds. The van der Waals surface area contributed by atoms with Crippen LogP contribution in [-0.2, 0) is 15.9 Å². The number of aromatic nitrogens is 1. The maximum Gasteiger partial charge on any atom is 0.487 e. The number of aliphatic hydroxyl groups is 1. The number of rotatable bonds is 3. The van der Waals surface area contributed by atoms with E-state index in [4.69, 9.17) is 14.4 Å². The van der Waals surface area contributed by atoms with Gasteiger partial charge >= 0.3 is 7.12 Å². The number of aryl methyl sites for hydroxylation is 1. The molecular formula is C15H22BNO3. The van der Waals surface area contributed by atoms with E-state index in [-0.39, 0.29) is 24.9 Å². The Morgan fingerprint density at radius 2 is 1.85 bits per heavy atom. The highest BCUT2D eigenvalue weighted by atomic mass is 16.7. The smallest absolute Gasteiger partial charge is 0.400 e. The predicted molar refractivity (Wildman–Crippen MR) is 80.0 cm³/mol. The molecule has 0 aliphatic carbocycles. The Morgan fingerprint density at radius 3 is 2.40 bits per heavy atom. The summed E-state index contributed by atoms with van der Waals surface area (Å²) in [6.45, 7) is 10.0. The summed E-state index contributed by atoms with van der Waals surface area (Å²) < 4.78 is 11.8. The van der Waals surface area contributed by atoms with Crippen molar-refractivity contribution >= 4 is 13.2 Å². The second kappa shape index (κ2) is 5.32. The Balaban J connectivity index is 2.15. The van der Waals surface area contributed by atoms with Crippen LogP contribution in [-0.4, -0.2) is 28.4 Å². The van der Waals surface area contributed by atoms with E-state index in [1.54, 1.807) is 6.20 Å². The van der Waals surface area contributed by atoms with Gasteiger partial charge in [0.25, 0.3) is 0 Å². The summed E-state index contributed by atoms with van der Waals surface area (Å²) in [5.74, 6) is 1.90. The lowest BCUT2D eigenvalue weighted by atomic mass is 9.88. The molecule has 0 radical (unpaired) electrons. The van der Waals surface area contributed by atoms with Gasteiger partial charge < -0.3 is 14.4 Å². The van der Waals surface area contributed by atoms with Crippen LogP contribution in [0.3, 0.4) is 0 Å². The molecule has 0 spiro atoms. The molecule has 1 N–H and O–H groups in total. The van der Waals surface area contributed by atoms with Crippen LogP contribution in [0.5, 0.6) is 0 Å². The predicted octanol–water partition coefficient (Wildman–Crippen LogP) is 2.53. The topological polar surface area (TPSA) is 51.6 Å². The first-order valence-corrected chi connectivity index (χ1v) is 6.85. The molecule has 2 rings (SSSR count). The Hall–Kier alpha value is -1.17. The lowest BCUT2D eigenvalue weighted by Gasteiger charge is -2.32. The van der Waals surface area contributed by atoms with Crippen LogP contribution >= 0.6 is 0 Å². The van der Waals surface area contributed by atoms with Crippen LogP contribution in [0, 0.1) is 6.92 Å². The molecule has 0 bridgehead atoms. The summed E-state index contributed by atoms with van der Waals surface area (Å²) in [4.78, 5) is 4.14. The first kappa shape index (κ1) is 15.2. The van der Waals surface area contributed by atoms with Crippen LogP contribution in [0.2, 0.25) is 0 Å². The van der Waals surface area contributed by atoms with Crippen LogP contribution < -0.4 is 0 Å². The lowest BCUT2D eigenvalue weighted by molar-refractivity contribution is 0.00578. The minimum absolute atomic E-state index is 0.0579. The number of pyridine rings is 1. The summed E-state index contributed by atoms with van der Waals surface area (Å²) >= 11 is 0. The molecule has 0 atom stereocenters. The van der Waals surface area contributed by atoms with E-state index in [1.807, 2.05) is 52.7 Å². The fraction of sp³-hybridized carbons (Fsp3) is 0.533. The van der Waals surface area contributed by atoms with E-state index in [2.05, 4.69) is 4.98 Å². The number of aliphatic hydroxyl groups excluding tert-OH is 1. The molecule has 0 aromatic carbocycles. The molecule has 1 aliphatic heterocycles. The Kier molecular flexibility index (Phi) is 4.05. The quantitative estimate of drug-likeness (QED) is 0.861. The average Bonchev–Trinajstić information content (AvgIpc) is 2.57. The maximum atomic E-state index is 9.13. The van der Waals surface area contributed by atoms with E-state index in [9.17, 15) is 0 Å². The summed E-state index contributed by atoms with van der Waals surface area (Å²) in [6, 6.07) is 1.87. The van der Waals surface area contributed by atoms with E-state index < -0.39 is 0 Å². The Bertz CT molecular complexity index is 510. The summed E-state index contributed by atoms with van der Waals surface area (Å²) in [5, 5.41) is 9.13. The Morgan fingerprint density at radius 1 is 1.25 bits per heavy atom. The van der Waals surface area contributed by atoms with Crippen LogP contribution in [0.15, 0.2) is 18.2 Å². The molecule has 4 nitrogen and oxygen atoms in total. The van der Waals surface area contributed by atoms with Gasteiger partial charge in [-0.15, -0.1) is 0 Å². The van der Waals surface area contributed by atoms with Crippen molar-refractivity contribution in [3.63, 3.8) is 0 Å². The molecule has 108 valence electrons. The van der Waals surface area contributed by atoms with Gasteiger partial charge in [0.2, 0.25) is 0 Å². The summed E-state index contributed by atoms with van der Waals surface area (Å²) in [7, 11) is -0.356. The van der Waals surface area contributed by atoms with Crippen molar-refractivity contribution in [2.45, 2.75) is 52.4 Å². The van der Waals surface area contributed by atoms with Gasteiger partial charge in [0.1, 0.15) is 0 Å². The highest BCUT2D eigenvalue weighted by molar-refractivity contribution is 6.52. The SMILES string of the molecule is Cc1cnc(CO)cc1/C=C/B1OC(C)(C)C(C)(C)O1. The van der Waals surface area contributed by atoms with Crippen LogP contribution in [0.1, 0.15) is 44.5 Å². The van der Waals surface area contributed by atoms with Crippen molar-refractivity contribution in [1.82, 2.24) is 4.98 Å². The fourth-order valence-electron chi connectivity index (χ4n) is 2.00. The third kappa shape index (κ3) is 2.95. The number of hydrogen-bond acceptors (Lipinski definition) is 4. The van der Waals surface area contributed by atoms with Gasteiger partial charge in [-0.05, 0) is 51.8 Å². The van der Waals surface area contributed by atoms with Gasteiger partial charge in [-0.3, -0.25) is 4.98 Å². The van der Waals surface area contributed by atoms with Gasteiger partial charge in [-0.1, -0.05) is 12.1 Å². The number of nitrogens with zero attached hydrogens (tertiary/aromatic N) is 1. The molecule has 1 saturated heterocycles. The van der Waals surface area contributed by atoms with E-state index in [0.717, 1.165) is 11.1 Å². The normalized spacial score (nSPS) is 20.8. The zero-order valence-corrected chi connectivity index (χ0v) is 12.8. The first-order chi connectivity index (χ1) is 9.25. The molecule has 1 aliphatic rings. The zero-order valence-electron chi connectivity index (χ0n) is 12.8. The molecule has 0 unspecified atom stereocenters. The van der Waals surface area contributed by atoms with Crippen LogP contribution in [0.25, 0.3) is 6.08 Å². The molecular weight excluding hydrogens is 253 g/mol. The second-order valence-electron chi connectivity index (χ2n) is 6.17. The molecule has 20 heavy (non-hydrogen) atoms. The molecule has 2 heterocycles. The summed E-state index contributed by atoms with van der Waals surface area (Å²) in [5.41, 5.74) is 2.06. The molecule has 1 aromatic heterocycles. The van der Waals surface area contributed by atoms with Gasteiger partial charge in [0.15, 0.2) is 0 Å². The largest absolute Gasteiger partial charge is 0.487 e. The van der Waals surface area contributed by atoms with E-state index in [1.165, 1.54) is 0 Å². The van der Waals surface area contributed by atoms with Crippen molar-refractivity contribution < 1.29 is 14.4 Å². The van der Waals surface area contributed by atoms with Crippen molar-refractivity contribution in [1.29, 1.82) is 0 Å². The van der Waals surface area contributed by atoms with Crippen molar-refractivity contribution in [2.24, 2.45) is 0 Å². The molecule has 5 heteroatoms. The third-order valence-electron chi connectivity index (χ3n) is 4.07. The van der Waals surface area contributed by atoms with Crippen molar-refractivity contribution in [3.05, 3.63) is 35.1 Å². The van der Waals surface area contributed by atoms with Gasteiger partial charge in [0, 0.05) is 6.20 Å². The van der Waals surface area contributed by atoms with Crippen molar-refractivity contribution in [3.8, 4) is 0 Å². The van der Waals surface area contributed by atoms with E-state index in [0.29, 0.717) is 5.69 Å². The van der Waals surface area contributed by atoms with Gasteiger partial charge in [-0.2, -0.15) is 0 Å². The lowest BCUT2D eigenvalue weighted by Crippen LogP contribution is -2.41. The van der Waals surface area contributed by atoms with Crippen molar-refractivity contribution in [2.75, 3.05) is 0 Å². The van der Waals surface area contributed by atoms with Gasteiger partial charge in [-0.25, -0.2) is 0 Å². The molecule has 1 aromatic rings. The summed E-state index contributed by atoms with van der Waals surface area (Å²) in [6.07, 6.45) is 3.72. The molecule has 1 fully saturated rings. The van der Waals surface area contributed by atoms with Crippen LogP contribution in [0.4, 0.5) is 0 Å². The first-order valence-electron chi connectivity index (χ1n) is 6.85. The zero-order chi connectivity index (χ0) is 15.0. The third-order valence-corrected chi connectivity index (χ3v) is 4.07. The highest BCUT2D eigenvalue weighted by Crippen LogP contribution is 2.37. The number of hydrogen-bond donors (Lipinski definition) is 1. The van der Waals surface area contributed by atoms with Gasteiger partial charge in [0.05, 0.1) is 23.5 Å². The van der Waals surface area contributed by atoms with E-state index >= 15 is 0 Å². The minimum atomic E-state index is -0.356. The average molecular weight is 275 g/mol. The second-order valence-corrected chi connectivity index (χ2v) is 6.17. The fourth-order valence-corrected chi connectivity index (χ4v) is 2.00. The Labute approximate surface area is 121 Å². The highest BCUT2D eigenvalue weighted by Gasteiger charge is 2.49. The molecule has 0 saturated carbocycles. The monoisotopic (exact) mass is 275 g/mol.